The lowest BCUT2D eigenvalue weighted by Crippen LogP contribution is -2.22. The lowest BCUT2D eigenvalue weighted by molar-refractivity contribution is -0.136. The molecule has 2 N–H and O–H groups in total. The highest BCUT2D eigenvalue weighted by Crippen LogP contribution is 2.01. The fourth-order valence-corrected chi connectivity index (χ4v) is 0.989. The smallest absolute Gasteiger partial charge is 0.394 e. The third kappa shape index (κ3) is 3.20. The normalized spacial score (nSPS) is 9.31. The topological polar surface area (TPSA) is 83.2 Å². The summed E-state index contributed by atoms with van der Waals surface area (Å²) in [6.45, 7) is 1.80. The molecule has 0 heterocycles. The van der Waals surface area contributed by atoms with Crippen LogP contribution in [0.3, 0.4) is 0 Å². The Hall–Kier alpha value is -2.17. The van der Waals surface area contributed by atoms with E-state index in [0.717, 1.165) is 0 Å². The lowest BCUT2D eigenvalue weighted by Gasteiger charge is -2.06. The molecular formula is C11H12N2O3. The summed E-state index contributed by atoms with van der Waals surface area (Å²) in [6.07, 6.45) is 0. The third-order valence-corrected chi connectivity index (χ3v) is 1.70. The molecule has 0 atom stereocenters. The predicted molar refractivity (Wildman–Crippen MR) is 58.7 cm³/mol. The van der Waals surface area contributed by atoms with Crippen molar-refractivity contribution in [2.45, 2.75) is 6.92 Å². The van der Waals surface area contributed by atoms with Crippen LogP contribution in [0.2, 0.25) is 0 Å². The van der Waals surface area contributed by atoms with Crippen molar-refractivity contribution in [3.63, 3.8) is 0 Å². The van der Waals surface area contributed by atoms with E-state index < -0.39 is 11.9 Å². The largest absolute Gasteiger partial charge is 0.459 e. The van der Waals surface area contributed by atoms with E-state index in [-0.39, 0.29) is 12.5 Å². The molecule has 0 bridgehead atoms. The number of nitrogens with one attached hydrogen (secondary N) is 2. The summed E-state index contributed by atoms with van der Waals surface area (Å²) >= 11 is 0. The molecule has 16 heavy (non-hydrogen) atoms. The summed E-state index contributed by atoms with van der Waals surface area (Å²) in [5, 5.41) is 14.8. The average Bonchev–Trinajstić information content (AvgIpc) is 2.30. The van der Waals surface area contributed by atoms with Gasteiger partial charge in [0.15, 0.2) is 0 Å². The molecule has 0 aliphatic heterocycles. The lowest BCUT2D eigenvalue weighted by atomic mass is 10.2. The fraction of sp³-hybridized carbons (Fsp3) is 0.182. The zero-order chi connectivity index (χ0) is 12.0. The molecule has 0 spiro atoms. The Morgan fingerprint density at radius 1 is 1.25 bits per heavy atom. The van der Waals surface area contributed by atoms with Crippen molar-refractivity contribution in [3.05, 3.63) is 35.9 Å². The van der Waals surface area contributed by atoms with Crippen LogP contribution in [-0.2, 0) is 14.3 Å². The van der Waals surface area contributed by atoms with Crippen molar-refractivity contribution in [1.29, 1.82) is 10.8 Å². The Bertz CT molecular complexity index is 401. The fourth-order valence-electron chi connectivity index (χ4n) is 0.989. The molecule has 1 aromatic carbocycles. The zero-order valence-electron chi connectivity index (χ0n) is 8.82. The van der Waals surface area contributed by atoms with E-state index in [1.807, 2.05) is 0 Å². The Balaban J connectivity index is 2.59. The predicted octanol–water partition coefficient (Wildman–Crippen LogP) is 1.57. The number of hydrogen-bond acceptors (Lipinski definition) is 5. The molecule has 0 radical (unpaired) electrons. The van der Waals surface area contributed by atoms with Gasteiger partial charge in [-0.3, -0.25) is 10.8 Å². The molecule has 0 saturated heterocycles. The van der Waals surface area contributed by atoms with Gasteiger partial charge in [-0.1, -0.05) is 18.2 Å². The molecule has 1 rings (SSSR count). The number of carbonyl (C=O) groups is 1. The highest BCUT2D eigenvalue weighted by molar-refractivity contribution is 6.33. The summed E-state index contributed by atoms with van der Waals surface area (Å²) in [4.78, 5) is 11.0. The summed E-state index contributed by atoms with van der Waals surface area (Å²) in [7, 11) is 0. The van der Waals surface area contributed by atoms with Crippen LogP contribution in [0.15, 0.2) is 30.3 Å². The van der Waals surface area contributed by atoms with Gasteiger partial charge in [-0.2, -0.15) is 0 Å². The number of esters is 1. The van der Waals surface area contributed by atoms with Crippen LogP contribution in [-0.4, -0.2) is 24.4 Å². The Morgan fingerprint density at radius 3 is 2.44 bits per heavy atom. The van der Waals surface area contributed by atoms with Gasteiger partial charge in [0.2, 0.25) is 5.90 Å². The standard InChI is InChI=1S/C11H12N2O3/c1-2-15-11(14)10(13)16-9(12)8-6-4-3-5-7-8/h3-7,12-13H,2H2,1H3. The Labute approximate surface area is 93.0 Å². The summed E-state index contributed by atoms with van der Waals surface area (Å²) < 4.78 is 9.30. The maximum atomic E-state index is 11.0. The second-order valence-electron chi connectivity index (χ2n) is 2.85. The van der Waals surface area contributed by atoms with Gasteiger partial charge in [-0.25, -0.2) is 4.79 Å². The van der Waals surface area contributed by atoms with Crippen LogP contribution in [0.4, 0.5) is 0 Å². The first-order valence-corrected chi connectivity index (χ1v) is 4.72. The highest BCUT2D eigenvalue weighted by atomic mass is 16.6. The molecule has 0 aromatic heterocycles. The van der Waals surface area contributed by atoms with Crippen molar-refractivity contribution in [2.75, 3.05) is 6.61 Å². The molecule has 5 heteroatoms. The maximum Gasteiger partial charge on any atom is 0.394 e. The van der Waals surface area contributed by atoms with E-state index in [1.54, 1.807) is 37.3 Å². The zero-order valence-corrected chi connectivity index (χ0v) is 8.82. The molecule has 0 saturated carbocycles. The first-order chi connectivity index (χ1) is 7.65. The Morgan fingerprint density at radius 2 is 1.88 bits per heavy atom. The summed E-state index contributed by atoms with van der Waals surface area (Å²) in [5.41, 5.74) is 0.497. The third-order valence-electron chi connectivity index (χ3n) is 1.70. The van der Waals surface area contributed by atoms with Gasteiger partial charge in [0.05, 0.1) is 6.61 Å². The first-order valence-electron chi connectivity index (χ1n) is 4.72. The first kappa shape index (κ1) is 11.9. The quantitative estimate of drug-likeness (QED) is 0.450. The minimum Gasteiger partial charge on any atom is -0.459 e. The monoisotopic (exact) mass is 220 g/mol. The molecule has 84 valence electrons. The minimum atomic E-state index is -0.872. The van der Waals surface area contributed by atoms with Gasteiger partial charge < -0.3 is 9.47 Å². The molecule has 0 fully saturated rings. The number of hydrogen-bond donors (Lipinski definition) is 2. The Kier molecular flexibility index (Phi) is 4.20. The summed E-state index contributed by atoms with van der Waals surface area (Å²) in [6, 6.07) is 8.58. The van der Waals surface area contributed by atoms with Crippen LogP contribution in [0.5, 0.6) is 0 Å². The number of ether oxygens (including phenoxy) is 2. The second-order valence-corrected chi connectivity index (χ2v) is 2.85. The average molecular weight is 220 g/mol. The van der Waals surface area contributed by atoms with Crippen LogP contribution in [0.25, 0.3) is 0 Å². The molecule has 0 unspecified atom stereocenters. The second kappa shape index (κ2) is 5.65. The van der Waals surface area contributed by atoms with Crippen molar-refractivity contribution in [2.24, 2.45) is 0 Å². The van der Waals surface area contributed by atoms with E-state index in [9.17, 15) is 4.79 Å². The van der Waals surface area contributed by atoms with Crippen LogP contribution >= 0.6 is 0 Å². The van der Waals surface area contributed by atoms with Crippen LogP contribution in [0.1, 0.15) is 12.5 Å². The van der Waals surface area contributed by atoms with Crippen molar-refractivity contribution in [3.8, 4) is 0 Å². The highest BCUT2D eigenvalue weighted by Gasteiger charge is 2.15. The molecule has 1 aromatic rings. The van der Waals surface area contributed by atoms with Gasteiger partial charge in [-0.05, 0) is 19.1 Å². The van der Waals surface area contributed by atoms with E-state index in [0.29, 0.717) is 5.56 Å². The van der Waals surface area contributed by atoms with Crippen molar-refractivity contribution in [1.82, 2.24) is 0 Å². The van der Waals surface area contributed by atoms with E-state index in [2.05, 4.69) is 4.74 Å². The van der Waals surface area contributed by atoms with Gasteiger partial charge in [0, 0.05) is 5.56 Å². The van der Waals surface area contributed by atoms with Gasteiger partial charge in [-0.15, -0.1) is 0 Å². The maximum absolute atomic E-state index is 11.0. The molecular weight excluding hydrogens is 208 g/mol. The van der Waals surface area contributed by atoms with Crippen LogP contribution in [0, 0.1) is 10.8 Å². The van der Waals surface area contributed by atoms with E-state index in [4.69, 9.17) is 15.6 Å². The van der Waals surface area contributed by atoms with Gasteiger partial charge >= 0.3 is 11.9 Å². The minimum absolute atomic E-state index is 0.170. The molecule has 5 nitrogen and oxygen atoms in total. The van der Waals surface area contributed by atoms with E-state index >= 15 is 0 Å². The van der Waals surface area contributed by atoms with Crippen molar-refractivity contribution < 1.29 is 14.3 Å². The number of rotatable bonds is 2. The molecule has 0 amide bonds. The van der Waals surface area contributed by atoms with E-state index in [1.165, 1.54) is 0 Å². The van der Waals surface area contributed by atoms with Crippen molar-refractivity contribution >= 4 is 17.8 Å². The SMILES string of the molecule is CCOC(=O)C(=N)OC(=N)c1ccccc1. The molecule has 0 aliphatic rings. The van der Waals surface area contributed by atoms with Gasteiger partial charge in [0.1, 0.15) is 0 Å². The number of benzene rings is 1. The van der Waals surface area contributed by atoms with Gasteiger partial charge in [0.25, 0.3) is 0 Å². The number of carbonyl (C=O) groups excluding carboxylic acids is 1. The molecule has 0 aliphatic carbocycles. The summed E-state index contributed by atoms with van der Waals surface area (Å²) in [5.74, 6) is -1.81. The van der Waals surface area contributed by atoms with Crippen LogP contribution < -0.4 is 0 Å².